The molecule has 1 heterocycles. The van der Waals surface area contributed by atoms with E-state index in [1.54, 1.807) is 0 Å². The normalized spacial score (nSPS) is 16.9. The Balaban J connectivity index is 2.01. The van der Waals surface area contributed by atoms with Crippen molar-refractivity contribution in [3.8, 4) is 0 Å². The summed E-state index contributed by atoms with van der Waals surface area (Å²) in [6.07, 6.45) is 2.10. The van der Waals surface area contributed by atoms with Gasteiger partial charge in [0, 0.05) is 31.2 Å². The molecule has 4 heteroatoms. The van der Waals surface area contributed by atoms with Gasteiger partial charge in [0.2, 0.25) is 0 Å². The van der Waals surface area contributed by atoms with Crippen molar-refractivity contribution in [1.29, 1.82) is 0 Å². The predicted octanol–water partition coefficient (Wildman–Crippen LogP) is 1.31. The number of hydrogen-bond acceptors (Lipinski definition) is 3. The van der Waals surface area contributed by atoms with E-state index in [0.29, 0.717) is 12.6 Å². The van der Waals surface area contributed by atoms with E-state index >= 15 is 0 Å². The molecular weight excluding hydrogens is 238 g/mol. The van der Waals surface area contributed by atoms with Gasteiger partial charge < -0.3 is 15.5 Å². The molecule has 1 saturated heterocycles. The van der Waals surface area contributed by atoms with Crippen molar-refractivity contribution in [2.75, 3.05) is 27.2 Å². The van der Waals surface area contributed by atoms with Gasteiger partial charge in [-0.05, 0) is 44.6 Å². The van der Waals surface area contributed by atoms with Gasteiger partial charge in [-0.25, -0.2) is 0 Å². The molecule has 0 radical (unpaired) electrons. The summed E-state index contributed by atoms with van der Waals surface area (Å²) in [6, 6.07) is 8.23. The Morgan fingerprint density at radius 1 is 1.37 bits per heavy atom. The van der Waals surface area contributed by atoms with Crippen LogP contribution in [0.5, 0.6) is 0 Å². The second kappa shape index (κ2) is 6.17. The van der Waals surface area contributed by atoms with E-state index < -0.39 is 0 Å². The first-order valence-electron chi connectivity index (χ1n) is 6.86. The van der Waals surface area contributed by atoms with Crippen LogP contribution in [0.15, 0.2) is 24.3 Å². The molecule has 1 aromatic carbocycles. The van der Waals surface area contributed by atoms with E-state index in [9.17, 15) is 4.79 Å². The third-order valence-corrected chi connectivity index (χ3v) is 3.89. The Morgan fingerprint density at radius 3 is 2.63 bits per heavy atom. The van der Waals surface area contributed by atoms with E-state index in [-0.39, 0.29) is 5.91 Å². The zero-order valence-electron chi connectivity index (χ0n) is 11.8. The molecule has 1 fully saturated rings. The van der Waals surface area contributed by atoms with Gasteiger partial charge in [-0.1, -0.05) is 12.1 Å². The minimum Gasteiger partial charge on any atom is -0.339 e. The summed E-state index contributed by atoms with van der Waals surface area (Å²) < 4.78 is 0. The number of rotatable bonds is 3. The lowest BCUT2D eigenvalue weighted by Gasteiger charge is -2.35. The third-order valence-electron chi connectivity index (χ3n) is 3.89. The van der Waals surface area contributed by atoms with Crippen molar-refractivity contribution in [1.82, 2.24) is 9.80 Å². The summed E-state index contributed by atoms with van der Waals surface area (Å²) in [5.41, 5.74) is 7.38. The standard InChI is InChI=1S/C15H23N3O/c1-17(2)14-6-8-18(9-7-14)15(19)13-5-3-4-12(10-13)11-16/h3-5,10,14H,6-9,11,16H2,1-2H3. The molecule has 2 N–H and O–H groups in total. The quantitative estimate of drug-likeness (QED) is 0.892. The number of likely N-dealkylation sites (tertiary alicyclic amines) is 1. The van der Waals surface area contributed by atoms with Gasteiger partial charge >= 0.3 is 0 Å². The Hall–Kier alpha value is -1.39. The molecule has 19 heavy (non-hydrogen) atoms. The average molecular weight is 261 g/mol. The van der Waals surface area contributed by atoms with E-state index in [4.69, 9.17) is 5.73 Å². The van der Waals surface area contributed by atoms with Crippen LogP contribution in [0.25, 0.3) is 0 Å². The van der Waals surface area contributed by atoms with E-state index in [1.807, 2.05) is 29.2 Å². The van der Waals surface area contributed by atoms with Gasteiger partial charge in [-0.15, -0.1) is 0 Å². The number of benzene rings is 1. The largest absolute Gasteiger partial charge is 0.339 e. The third kappa shape index (κ3) is 3.33. The first-order chi connectivity index (χ1) is 9.11. The van der Waals surface area contributed by atoms with Gasteiger partial charge in [0.15, 0.2) is 0 Å². The monoisotopic (exact) mass is 261 g/mol. The average Bonchev–Trinajstić information content (AvgIpc) is 2.46. The van der Waals surface area contributed by atoms with Crippen LogP contribution in [0.4, 0.5) is 0 Å². The summed E-state index contributed by atoms with van der Waals surface area (Å²) in [5.74, 6) is 0.132. The number of piperidine rings is 1. The molecule has 0 aliphatic carbocycles. The molecule has 104 valence electrons. The van der Waals surface area contributed by atoms with Crippen LogP contribution in [0, 0.1) is 0 Å². The highest BCUT2D eigenvalue weighted by Gasteiger charge is 2.24. The molecule has 1 aliphatic rings. The highest BCUT2D eigenvalue weighted by Crippen LogP contribution is 2.17. The highest BCUT2D eigenvalue weighted by molar-refractivity contribution is 5.94. The van der Waals surface area contributed by atoms with Gasteiger partial charge in [0.1, 0.15) is 0 Å². The highest BCUT2D eigenvalue weighted by atomic mass is 16.2. The van der Waals surface area contributed by atoms with Crippen molar-refractivity contribution >= 4 is 5.91 Å². The van der Waals surface area contributed by atoms with Crippen LogP contribution < -0.4 is 5.73 Å². The molecule has 1 aliphatic heterocycles. The van der Waals surface area contributed by atoms with Crippen molar-refractivity contribution in [2.45, 2.75) is 25.4 Å². The second-order valence-electron chi connectivity index (χ2n) is 5.39. The molecule has 0 atom stereocenters. The fourth-order valence-corrected chi connectivity index (χ4v) is 2.60. The lowest BCUT2D eigenvalue weighted by molar-refractivity contribution is 0.0663. The summed E-state index contributed by atoms with van der Waals surface area (Å²) in [4.78, 5) is 16.6. The van der Waals surface area contributed by atoms with E-state index in [2.05, 4.69) is 19.0 Å². The Bertz CT molecular complexity index is 437. The number of carbonyl (C=O) groups excluding carboxylic acids is 1. The molecule has 0 aromatic heterocycles. The maximum absolute atomic E-state index is 12.4. The molecule has 0 bridgehead atoms. The topological polar surface area (TPSA) is 49.6 Å². The van der Waals surface area contributed by atoms with Crippen molar-refractivity contribution in [3.05, 3.63) is 35.4 Å². The molecule has 1 aromatic rings. The summed E-state index contributed by atoms with van der Waals surface area (Å²) >= 11 is 0. The zero-order valence-corrected chi connectivity index (χ0v) is 11.8. The van der Waals surface area contributed by atoms with E-state index in [1.165, 1.54) is 0 Å². The number of nitrogens with two attached hydrogens (primary N) is 1. The van der Waals surface area contributed by atoms with Gasteiger partial charge in [-0.2, -0.15) is 0 Å². The fourth-order valence-electron chi connectivity index (χ4n) is 2.60. The Morgan fingerprint density at radius 2 is 2.05 bits per heavy atom. The number of carbonyl (C=O) groups is 1. The fraction of sp³-hybridized carbons (Fsp3) is 0.533. The molecule has 1 amide bonds. The molecule has 0 spiro atoms. The maximum atomic E-state index is 12.4. The van der Waals surface area contributed by atoms with Crippen LogP contribution in [-0.4, -0.2) is 48.9 Å². The first-order valence-corrected chi connectivity index (χ1v) is 6.86. The number of nitrogens with zero attached hydrogens (tertiary/aromatic N) is 2. The van der Waals surface area contributed by atoms with Crippen LogP contribution in [-0.2, 0) is 6.54 Å². The van der Waals surface area contributed by atoms with Crippen LogP contribution in [0.3, 0.4) is 0 Å². The lowest BCUT2D eigenvalue weighted by Crippen LogP contribution is -2.44. The zero-order chi connectivity index (χ0) is 13.8. The predicted molar refractivity (Wildman–Crippen MR) is 76.9 cm³/mol. The Labute approximate surface area is 115 Å². The van der Waals surface area contributed by atoms with Gasteiger partial charge in [0.25, 0.3) is 5.91 Å². The maximum Gasteiger partial charge on any atom is 0.253 e. The smallest absolute Gasteiger partial charge is 0.253 e. The second-order valence-corrected chi connectivity index (χ2v) is 5.39. The number of hydrogen-bond donors (Lipinski definition) is 1. The SMILES string of the molecule is CN(C)C1CCN(C(=O)c2cccc(CN)c2)CC1. The molecular formula is C15H23N3O. The number of amides is 1. The first kappa shape index (κ1) is 14.0. The van der Waals surface area contributed by atoms with E-state index in [0.717, 1.165) is 37.1 Å². The van der Waals surface area contributed by atoms with Crippen LogP contribution in [0.2, 0.25) is 0 Å². The molecule has 2 rings (SSSR count). The van der Waals surface area contributed by atoms with Gasteiger partial charge in [0.05, 0.1) is 0 Å². The molecule has 4 nitrogen and oxygen atoms in total. The summed E-state index contributed by atoms with van der Waals surface area (Å²) in [7, 11) is 4.21. The minimum atomic E-state index is 0.132. The van der Waals surface area contributed by atoms with Crippen LogP contribution >= 0.6 is 0 Å². The summed E-state index contributed by atoms with van der Waals surface area (Å²) in [6.45, 7) is 2.16. The van der Waals surface area contributed by atoms with Crippen molar-refractivity contribution in [2.24, 2.45) is 5.73 Å². The van der Waals surface area contributed by atoms with Crippen molar-refractivity contribution < 1.29 is 4.79 Å². The molecule has 0 unspecified atom stereocenters. The lowest BCUT2D eigenvalue weighted by atomic mass is 10.0. The minimum absolute atomic E-state index is 0.132. The van der Waals surface area contributed by atoms with Crippen LogP contribution in [0.1, 0.15) is 28.8 Å². The Kier molecular flexibility index (Phi) is 4.56. The van der Waals surface area contributed by atoms with Gasteiger partial charge in [-0.3, -0.25) is 4.79 Å². The summed E-state index contributed by atoms with van der Waals surface area (Å²) in [5, 5.41) is 0. The molecule has 0 saturated carbocycles. The van der Waals surface area contributed by atoms with Crippen molar-refractivity contribution in [3.63, 3.8) is 0 Å².